The Bertz CT molecular complexity index is 639. The van der Waals surface area contributed by atoms with Crippen molar-refractivity contribution in [1.82, 2.24) is 18.8 Å². The van der Waals surface area contributed by atoms with Crippen LogP contribution >= 0.6 is 0 Å². The minimum atomic E-state index is -3.47. The number of hydrogen-bond donors (Lipinski definition) is 2. The van der Waals surface area contributed by atoms with Gasteiger partial charge in [0.2, 0.25) is 10.0 Å². The van der Waals surface area contributed by atoms with E-state index >= 15 is 0 Å². The predicted octanol–water partition coefficient (Wildman–Crippen LogP) is 0.532. The molecule has 0 saturated heterocycles. The van der Waals surface area contributed by atoms with Crippen molar-refractivity contribution in [1.29, 1.82) is 0 Å². The Morgan fingerprint density at radius 1 is 1.43 bits per heavy atom. The molecule has 2 aromatic rings. The molecule has 0 radical (unpaired) electrons. The Hall–Kier alpha value is -1.64. The van der Waals surface area contributed by atoms with Crippen molar-refractivity contribution < 1.29 is 8.42 Å². The fraction of sp³-hybridized carbons (Fsp3) is 0.462. The highest BCUT2D eigenvalue weighted by Gasteiger charge is 2.17. The van der Waals surface area contributed by atoms with E-state index in [1.807, 2.05) is 22.3 Å². The fourth-order valence-electron chi connectivity index (χ4n) is 2.11. The molecule has 0 bridgehead atoms. The quantitative estimate of drug-likeness (QED) is 0.695. The largest absolute Gasteiger partial charge is 0.349 e. The Kier molecular flexibility index (Phi) is 5.16. The van der Waals surface area contributed by atoms with E-state index in [0.29, 0.717) is 26.1 Å². The molecule has 2 rings (SSSR count). The zero-order chi connectivity index (χ0) is 15.3. The molecular weight excluding hydrogens is 290 g/mol. The van der Waals surface area contributed by atoms with Crippen LogP contribution in [-0.4, -0.2) is 29.1 Å². The first-order chi connectivity index (χ1) is 10.1. The zero-order valence-corrected chi connectivity index (χ0v) is 12.9. The summed E-state index contributed by atoms with van der Waals surface area (Å²) in [6.07, 6.45) is 7.59. The van der Waals surface area contributed by atoms with E-state index < -0.39 is 10.0 Å². The molecule has 21 heavy (non-hydrogen) atoms. The molecule has 2 aromatic heterocycles. The number of nitrogens with one attached hydrogen (secondary N) is 1. The molecule has 0 amide bonds. The van der Waals surface area contributed by atoms with Gasteiger partial charge in [0, 0.05) is 50.5 Å². The molecule has 0 aliphatic carbocycles. The number of aromatic nitrogens is 3. The van der Waals surface area contributed by atoms with Crippen LogP contribution in [0.4, 0.5) is 0 Å². The average molecular weight is 311 g/mol. The summed E-state index contributed by atoms with van der Waals surface area (Å²) in [5.74, 6) is 0. The highest BCUT2D eigenvalue weighted by molar-refractivity contribution is 7.89. The summed E-state index contributed by atoms with van der Waals surface area (Å²) in [7, 11) is -3.47. The second kappa shape index (κ2) is 6.88. The molecule has 8 heteroatoms. The van der Waals surface area contributed by atoms with Crippen molar-refractivity contribution in [2.75, 3.05) is 6.54 Å². The van der Waals surface area contributed by atoms with Crippen LogP contribution in [-0.2, 0) is 29.7 Å². The highest BCUT2D eigenvalue weighted by atomic mass is 32.2. The van der Waals surface area contributed by atoms with Crippen molar-refractivity contribution in [3.05, 3.63) is 36.7 Å². The molecule has 0 aliphatic heterocycles. The number of aryl methyl sites for hydroxylation is 2. The molecule has 0 saturated carbocycles. The second-order valence-corrected chi connectivity index (χ2v) is 6.48. The van der Waals surface area contributed by atoms with Crippen molar-refractivity contribution >= 4 is 10.0 Å². The van der Waals surface area contributed by atoms with Crippen LogP contribution in [0.15, 0.2) is 35.9 Å². The van der Waals surface area contributed by atoms with Crippen molar-refractivity contribution in [3.8, 4) is 0 Å². The minimum absolute atomic E-state index is 0.271. The monoisotopic (exact) mass is 311 g/mol. The van der Waals surface area contributed by atoms with Crippen molar-refractivity contribution in [2.45, 2.75) is 37.9 Å². The van der Waals surface area contributed by atoms with Crippen molar-refractivity contribution in [2.24, 2.45) is 5.73 Å². The van der Waals surface area contributed by atoms with Gasteiger partial charge in [0.05, 0.1) is 11.2 Å². The van der Waals surface area contributed by atoms with Gasteiger partial charge in [-0.1, -0.05) is 0 Å². The van der Waals surface area contributed by atoms with Crippen LogP contribution in [0.2, 0.25) is 0 Å². The third-order valence-electron chi connectivity index (χ3n) is 3.27. The number of rotatable bonds is 8. The van der Waals surface area contributed by atoms with Crippen LogP contribution in [0.3, 0.4) is 0 Å². The first kappa shape index (κ1) is 15.7. The number of imidazole rings is 1. The molecule has 0 fully saturated rings. The smallest absolute Gasteiger partial charge is 0.242 e. The van der Waals surface area contributed by atoms with E-state index in [2.05, 4.69) is 9.71 Å². The summed E-state index contributed by atoms with van der Waals surface area (Å²) in [5.41, 5.74) is 6.43. The topological polar surface area (TPSA) is 94.9 Å². The van der Waals surface area contributed by atoms with Crippen LogP contribution in [0.1, 0.15) is 19.0 Å². The molecule has 0 atom stereocenters. The van der Waals surface area contributed by atoms with Crippen LogP contribution < -0.4 is 10.5 Å². The van der Waals surface area contributed by atoms with E-state index in [1.165, 1.54) is 0 Å². The Balaban J connectivity index is 1.93. The maximum Gasteiger partial charge on any atom is 0.242 e. The van der Waals surface area contributed by atoms with E-state index in [0.717, 1.165) is 12.2 Å². The van der Waals surface area contributed by atoms with Crippen LogP contribution in [0.25, 0.3) is 0 Å². The number of nitrogens with zero attached hydrogens (tertiary/aromatic N) is 3. The summed E-state index contributed by atoms with van der Waals surface area (Å²) in [5, 5.41) is 0. The van der Waals surface area contributed by atoms with Gasteiger partial charge in [0.15, 0.2) is 0 Å². The van der Waals surface area contributed by atoms with E-state index in [4.69, 9.17) is 5.73 Å². The van der Waals surface area contributed by atoms with E-state index in [-0.39, 0.29) is 4.90 Å². The SMILES string of the molecule is CCn1cc(S(=O)(=O)NCCCn2ccnc2)cc1CN. The van der Waals surface area contributed by atoms with Gasteiger partial charge in [-0.2, -0.15) is 0 Å². The summed E-state index contributed by atoms with van der Waals surface area (Å²) in [6, 6.07) is 1.63. The van der Waals surface area contributed by atoms with Gasteiger partial charge in [-0.3, -0.25) is 0 Å². The Morgan fingerprint density at radius 2 is 2.24 bits per heavy atom. The van der Waals surface area contributed by atoms with Gasteiger partial charge in [-0.05, 0) is 19.4 Å². The lowest BCUT2D eigenvalue weighted by Crippen LogP contribution is -2.25. The van der Waals surface area contributed by atoms with Gasteiger partial charge < -0.3 is 14.9 Å². The lowest BCUT2D eigenvalue weighted by molar-refractivity contribution is 0.569. The summed E-state index contributed by atoms with van der Waals surface area (Å²) in [6.45, 7) is 4.09. The maximum absolute atomic E-state index is 12.2. The zero-order valence-electron chi connectivity index (χ0n) is 12.1. The van der Waals surface area contributed by atoms with Gasteiger partial charge >= 0.3 is 0 Å². The molecule has 0 unspecified atom stereocenters. The normalized spacial score (nSPS) is 11.9. The molecule has 2 heterocycles. The van der Waals surface area contributed by atoms with Gasteiger partial charge in [-0.15, -0.1) is 0 Å². The molecule has 116 valence electrons. The van der Waals surface area contributed by atoms with Crippen molar-refractivity contribution in [3.63, 3.8) is 0 Å². The Labute approximate surface area is 124 Å². The molecular formula is C13H21N5O2S. The van der Waals surface area contributed by atoms with Crippen LogP contribution in [0, 0.1) is 0 Å². The van der Waals surface area contributed by atoms with Gasteiger partial charge in [0.25, 0.3) is 0 Å². The first-order valence-electron chi connectivity index (χ1n) is 6.91. The summed E-state index contributed by atoms with van der Waals surface area (Å²) < 4.78 is 30.8. The number of sulfonamides is 1. The Morgan fingerprint density at radius 3 is 2.81 bits per heavy atom. The number of hydrogen-bond acceptors (Lipinski definition) is 4. The number of nitrogens with two attached hydrogens (primary N) is 1. The predicted molar refractivity (Wildman–Crippen MR) is 80.0 cm³/mol. The third kappa shape index (κ3) is 3.93. The van der Waals surface area contributed by atoms with E-state index in [1.54, 1.807) is 24.8 Å². The third-order valence-corrected chi connectivity index (χ3v) is 4.69. The van der Waals surface area contributed by atoms with Gasteiger partial charge in [-0.25, -0.2) is 18.1 Å². The summed E-state index contributed by atoms with van der Waals surface area (Å²) >= 11 is 0. The molecule has 0 aromatic carbocycles. The standard InChI is InChI=1S/C13H21N5O2S/c1-2-18-10-13(8-12(18)9-14)21(19,20)16-4-3-6-17-7-5-15-11-17/h5,7-8,10-11,16H,2-4,6,9,14H2,1H3. The second-order valence-electron chi connectivity index (χ2n) is 4.71. The summed E-state index contributed by atoms with van der Waals surface area (Å²) in [4.78, 5) is 4.21. The minimum Gasteiger partial charge on any atom is -0.349 e. The lowest BCUT2D eigenvalue weighted by atomic mass is 10.4. The first-order valence-corrected chi connectivity index (χ1v) is 8.39. The molecule has 0 spiro atoms. The maximum atomic E-state index is 12.2. The molecule has 3 N–H and O–H groups in total. The van der Waals surface area contributed by atoms with Crippen LogP contribution in [0.5, 0.6) is 0 Å². The average Bonchev–Trinajstić information content (AvgIpc) is 3.12. The van der Waals surface area contributed by atoms with E-state index in [9.17, 15) is 8.42 Å². The fourth-order valence-corrected chi connectivity index (χ4v) is 3.25. The highest BCUT2D eigenvalue weighted by Crippen LogP contribution is 2.14. The molecule has 7 nitrogen and oxygen atoms in total. The molecule has 0 aliphatic rings. The lowest BCUT2D eigenvalue weighted by Gasteiger charge is -2.05. The van der Waals surface area contributed by atoms with Gasteiger partial charge in [0.1, 0.15) is 0 Å².